The van der Waals surface area contributed by atoms with Gasteiger partial charge in [-0.25, -0.2) is 4.79 Å². The zero-order chi connectivity index (χ0) is 16.5. The van der Waals surface area contributed by atoms with Crippen LogP contribution in [0, 0.1) is 0 Å². The average molecular weight is 310 g/mol. The van der Waals surface area contributed by atoms with Crippen LogP contribution in [-0.4, -0.2) is 19.2 Å². The molecule has 0 N–H and O–H groups in total. The van der Waals surface area contributed by atoms with E-state index < -0.39 is 5.97 Å². The third kappa shape index (κ3) is 4.48. The lowest BCUT2D eigenvalue weighted by Gasteiger charge is -2.14. The van der Waals surface area contributed by atoms with Gasteiger partial charge in [-0.2, -0.15) is 0 Å². The van der Waals surface area contributed by atoms with Gasteiger partial charge in [-0.3, -0.25) is 0 Å². The number of esters is 1. The van der Waals surface area contributed by atoms with E-state index in [1.54, 1.807) is 54.6 Å². The summed E-state index contributed by atoms with van der Waals surface area (Å²) < 4.78 is 16.5. The first-order valence-corrected chi connectivity index (χ1v) is 7.14. The standard InChI is InChI=1S/C19H18O4/c1-3-13-21-17-12-8-11-16(18(17)22-14-4-2)19(20)23-15-9-6-5-7-10-15/h3-12H,1-2,13-14H2. The highest BCUT2D eigenvalue weighted by atomic mass is 16.5. The van der Waals surface area contributed by atoms with Gasteiger partial charge in [0.1, 0.15) is 24.5 Å². The van der Waals surface area contributed by atoms with Crippen molar-refractivity contribution in [3.05, 3.63) is 79.4 Å². The normalized spacial score (nSPS) is 9.74. The van der Waals surface area contributed by atoms with Crippen LogP contribution >= 0.6 is 0 Å². The smallest absolute Gasteiger partial charge is 0.347 e. The highest BCUT2D eigenvalue weighted by Crippen LogP contribution is 2.32. The van der Waals surface area contributed by atoms with Gasteiger partial charge in [0, 0.05) is 0 Å². The Kier molecular flexibility index (Phi) is 6.00. The lowest BCUT2D eigenvalue weighted by molar-refractivity contribution is 0.0730. The number of carbonyl (C=O) groups is 1. The van der Waals surface area contributed by atoms with E-state index in [9.17, 15) is 4.79 Å². The fraction of sp³-hybridized carbons (Fsp3) is 0.105. The summed E-state index contributed by atoms with van der Waals surface area (Å²) in [6, 6.07) is 13.9. The second kappa shape index (κ2) is 8.44. The van der Waals surface area contributed by atoms with E-state index in [1.165, 1.54) is 0 Å². The van der Waals surface area contributed by atoms with E-state index in [4.69, 9.17) is 14.2 Å². The van der Waals surface area contributed by atoms with E-state index in [-0.39, 0.29) is 12.2 Å². The third-order valence-electron chi connectivity index (χ3n) is 2.85. The molecule has 2 aromatic rings. The van der Waals surface area contributed by atoms with Crippen LogP contribution < -0.4 is 14.2 Å². The highest BCUT2D eigenvalue weighted by molar-refractivity contribution is 5.95. The summed E-state index contributed by atoms with van der Waals surface area (Å²) in [5, 5.41) is 0. The van der Waals surface area contributed by atoms with Crippen molar-refractivity contribution in [2.45, 2.75) is 0 Å². The summed E-state index contributed by atoms with van der Waals surface area (Å²) in [4.78, 5) is 12.4. The maximum absolute atomic E-state index is 12.4. The minimum Gasteiger partial charge on any atom is -0.486 e. The van der Waals surface area contributed by atoms with E-state index in [2.05, 4.69) is 13.2 Å². The Labute approximate surface area is 135 Å². The van der Waals surface area contributed by atoms with Crippen molar-refractivity contribution in [1.82, 2.24) is 0 Å². The first-order valence-electron chi connectivity index (χ1n) is 7.14. The fourth-order valence-corrected chi connectivity index (χ4v) is 1.88. The Morgan fingerprint density at radius 1 is 0.913 bits per heavy atom. The number of hydrogen-bond acceptors (Lipinski definition) is 4. The molecule has 4 nitrogen and oxygen atoms in total. The Morgan fingerprint density at radius 3 is 2.30 bits per heavy atom. The van der Waals surface area contributed by atoms with Crippen molar-refractivity contribution in [1.29, 1.82) is 0 Å². The molecule has 0 atom stereocenters. The average Bonchev–Trinajstić information content (AvgIpc) is 2.59. The molecule has 23 heavy (non-hydrogen) atoms. The van der Waals surface area contributed by atoms with Crippen LogP contribution in [0.25, 0.3) is 0 Å². The molecular formula is C19H18O4. The summed E-state index contributed by atoms with van der Waals surface area (Å²) >= 11 is 0. The molecule has 0 amide bonds. The van der Waals surface area contributed by atoms with E-state index in [1.807, 2.05) is 6.07 Å². The van der Waals surface area contributed by atoms with Crippen LogP contribution in [0.5, 0.6) is 17.2 Å². The van der Waals surface area contributed by atoms with Gasteiger partial charge in [0.05, 0.1) is 0 Å². The fourth-order valence-electron chi connectivity index (χ4n) is 1.88. The quantitative estimate of drug-likeness (QED) is 0.419. The number of benzene rings is 2. The molecule has 0 aliphatic rings. The number of ether oxygens (including phenoxy) is 3. The number of para-hydroxylation sites is 2. The van der Waals surface area contributed by atoms with Gasteiger partial charge in [0.25, 0.3) is 0 Å². The van der Waals surface area contributed by atoms with Crippen LogP contribution in [0.15, 0.2) is 73.8 Å². The van der Waals surface area contributed by atoms with Crippen molar-refractivity contribution >= 4 is 5.97 Å². The maximum atomic E-state index is 12.4. The molecular weight excluding hydrogens is 292 g/mol. The van der Waals surface area contributed by atoms with Crippen LogP contribution in [0.3, 0.4) is 0 Å². The summed E-state index contributed by atoms with van der Waals surface area (Å²) in [5.74, 6) is 0.730. The summed E-state index contributed by atoms with van der Waals surface area (Å²) in [7, 11) is 0. The van der Waals surface area contributed by atoms with Crippen molar-refractivity contribution in [3.8, 4) is 17.2 Å². The predicted molar refractivity (Wildman–Crippen MR) is 89.2 cm³/mol. The van der Waals surface area contributed by atoms with Gasteiger partial charge >= 0.3 is 5.97 Å². The molecule has 0 aliphatic carbocycles. The minimum absolute atomic E-state index is 0.250. The molecule has 0 aromatic heterocycles. The lowest BCUT2D eigenvalue weighted by atomic mass is 10.2. The van der Waals surface area contributed by atoms with Crippen LogP contribution in [0.1, 0.15) is 10.4 Å². The third-order valence-corrected chi connectivity index (χ3v) is 2.85. The van der Waals surface area contributed by atoms with Crippen LogP contribution in [-0.2, 0) is 0 Å². The van der Waals surface area contributed by atoms with Gasteiger partial charge in [0.15, 0.2) is 11.5 Å². The number of hydrogen-bond donors (Lipinski definition) is 0. The second-order valence-corrected chi connectivity index (χ2v) is 4.53. The molecule has 2 aromatic carbocycles. The molecule has 0 saturated heterocycles. The van der Waals surface area contributed by atoms with Gasteiger partial charge in [-0.15, -0.1) is 0 Å². The summed E-state index contributed by atoms with van der Waals surface area (Å²) in [5.41, 5.74) is 0.289. The second-order valence-electron chi connectivity index (χ2n) is 4.53. The van der Waals surface area contributed by atoms with Gasteiger partial charge < -0.3 is 14.2 Å². The molecule has 0 aliphatic heterocycles. The Balaban J connectivity index is 2.29. The number of carbonyl (C=O) groups excluding carboxylic acids is 1. The number of rotatable bonds is 8. The predicted octanol–water partition coefficient (Wildman–Crippen LogP) is 4.04. The molecule has 0 bridgehead atoms. The van der Waals surface area contributed by atoms with Crippen LogP contribution in [0.4, 0.5) is 0 Å². The molecule has 0 unspecified atom stereocenters. The lowest BCUT2D eigenvalue weighted by Crippen LogP contribution is -2.12. The SMILES string of the molecule is C=CCOc1cccc(C(=O)Oc2ccccc2)c1OCC=C. The Hall–Kier alpha value is -3.01. The monoisotopic (exact) mass is 310 g/mol. The molecule has 0 spiro atoms. The summed E-state index contributed by atoms with van der Waals surface area (Å²) in [6.07, 6.45) is 3.21. The topological polar surface area (TPSA) is 44.8 Å². The van der Waals surface area contributed by atoms with Crippen LogP contribution in [0.2, 0.25) is 0 Å². The molecule has 0 radical (unpaired) electrons. The molecule has 0 fully saturated rings. The Bertz CT molecular complexity index is 677. The molecule has 118 valence electrons. The largest absolute Gasteiger partial charge is 0.486 e. The molecule has 2 rings (SSSR count). The van der Waals surface area contributed by atoms with Gasteiger partial charge in [-0.1, -0.05) is 49.6 Å². The zero-order valence-corrected chi connectivity index (χ0v) is 12.7. The first-order chi connectivity index (χ1) is 11.3. The van der Waals surface area contributed by atoms with E-state index in [0.717, 1.165) is 0 Å². The maximum Gasteiger partial charge on any atom is 0.347 e. The summed E-state index contributed by atoms with van der Waals surface area (Å²) in [6.45, 7) is 7.78. The molecule has 4 heteroatoms. The van der Waals surface area contributed by atoms with Gasteiger partial charge in [0.2, 0.25) is 0 Å². The molecule has 0 heterocycles. The van der Waals surface area contributed by atoms with Crippen molar-refractivity contribution in [2.24, 2.45) is 0 Å². The zero-order valence-electron chi connectivity index (χ0n) is 12.7. The van der Waals surface area contributed by atoms with Crippen molar-refractivity contribution in [2.75, 3.05) is 13.2 Å². The molecule has 0 saturated carbocycles. The van der Waals surface area contributed by atoms with Crippen molar-refractivity contribution < 1.29 is 19.0 Å². The minimum atomic E-state index is -0.515. The van der Waals surface area contributed by atoms with E-state index in [0.29, 0.717) is 23.9 Å². The van der Waals surface area contributed by atoms with Crippen molar-refractivity contribution in [3.63, 3.8) is 0 Å². The Morgan fingerprint density at radius 2 is 1.61 bits per heavy atom. The highest BCUT2D eigenvalue weighted by Gasteiger charge is 2.19. The first kappa shape index (κ1) is 16.4. The van der Waals surface area contributed by atoms with E-state index >= 15 is 0 Å². The van der Waals surface area contributed by atoms with Gasteiger partial charge in [-0.05, 0) is 24.3 Å².